The highest BCUT2D eigenvalue weighted by Crippen LogP contribution is 2.21. The Balaban J connectivity index is 1.60. The summed E-state index contributed by atoms with van der Waals surface area (Å²) in [7, 11) is 0. The maximum Gasteiger partial charge on any atom is 0.255 e. The van der Waals surface area contributed by atoms with Crippen LogP contribution in [0.15, 0.2) is 72.8 Å². The van der Waals surface area contributed by atoms with Crippen LogP contribution >= 0.6 is 0 Å². The predicted molar refractivity (Wildman–Crippen MR) is 105 cm³/mol. The van der Waals surface area contributed by atoms with Gasteiger partial charge in [-0.1, -0.05) is 0 Å². The van der Waals surface area contributed by atoms with Crippen molar-refractivity contribution in [2.24, 2.45) is 0 Å². The molecule has 6 heteroatoms. The van der Waals surface area contributed by atoms with E-state index in [1.807, 2.05) is 24.3 Å². The van der Waals surface area contributed by atoms with Crippen molar-refractivity contribution in [1.29, 1.82) is 0 Å². The van der Waals surface area contributed by atoms with Gasteiger partial charge in [0.05, 0.1) is 0 Å². The summed E-state index contributed by atoms with van der Waals surface area (Å²) in [6.07, 6.45) is 0. The van der Waals surface area contributed by atoms with Gasteiger partial charge in [0.1, 0.15) is 5.82 Å². The number of anilines is 4. The lowest BCUT2D eigenvalue weighted by atomic mass is 10.2. The first-order valence-electron chi connectivity index (χ1n) is 8.31. The molecule has 0 spiro atoms. The molecular formula is C21H18FN3O2. The fourth-order valence-electron chi connectivity index (χ4n) is 2.45. The number of nitrogens with one attached hydrogen (secondary N) is 3. The molecule has 0 atom stereocenters. The normalized spacial score (nSPS) is 10.1. The van der Waals surface area contributed by atoms with Crippen LogP contribution in [0.1, 0.15) is 17.3 Å². The number of carbonyl (C=O) groups is 2. The topological polar surface area (TPSA) is 70.2 Å². The maximum atomic E-state index is 12.9. The number of halogens is 1. The summed E-state index contributed by atoms with van der Waals surface area (Å²) in [5.74, 6) is -0.801. The number of hydrogen-bond donors (Lipinski definition) is 3. The summed E-state index contributed by atoms with van der Waals surface area (Å²) in [4.78, 5) is 23.2. The van der Waals surface area contributed by atoms with Crippen molar-refractivity contribution < 1.29 is 14.0 Å². The Hall–Kier alpha value is -3.67. The summed E-state index contributed by atoms with van der Waals surface area (Å²) in [5.41, 5.74) is 3.47. The zero-order chi connectivity index (χ0) is 19.2. The van der Waals surface area contributed by atoms with Gasteiger partial charge in [-0.25, -0.2) is 4.39 Å². The van der Waals surface area contributed by atoms with Crippen LogP contribution in [-0.4, -0.2) is 11.8 Å². The number of benzene rings is 3. The Morgan fingerprint density at radius 1 is 0.667 bits per heavy atom. The molecule has 0 fully saturated rings. The van der Waals surface area contributed by atoms with Gasteiger partial charge in [0.15, 0.2) is 0 Å². The molecule has 0 bridgehead atoms. The van der Waals surface area contributed by atoms with E-state index in [4.69, 9.17) is 0 Å². The van der Waals surface area contributed by atoms with E-state index < -0.39 is 0 Å². The monoisotopic (exact) mass is 363 g/mol. The van der Waals surface area contributed by atoms with Crippen molar-refractivity contribution in [2.45, 2.75) is 6.92 Å². The third kappa shape index (κ3) is 5.15. The Kier molecular flexibility index (Phi) is 5.47. The van der Waals surface area contributed by atoms with Crippen molar-refractivity contribution in [3.8, 4) is 0 Å². The van der Waals surface area contributed by atoms with E-state index in [0.29, 0.717) is 11.3 Å². The van der Waals surface area contributed by atoms with E-state index in [2.05, 4.69) is 16.0 Å². The van der Waals surface area contributed by atoms with Gasteiger partial charge in [-0.3, -0.25) is 9.59 Å². The predicted octanol–water partition coefficient (Wildman–Crippen LogP) is 4.78. The lowest BCUT2D eigenvalue weighted by Gasteiger charge is -2.10. The van der Waals surface area contributed by atoms with Crippen molar-refractivity contribution in [3.63, 3.8) is 0 Å². The van der Waals surface area contributed by atoms with E-state index in [9.17, 15) is 14.0 Å². The molecule has 0 saturated heterocycles. The van der Waals surface area contributed by atoms with E-state index in [0.717, 1.165) is 17.1 Å². The Morgan fingerprint density at radius 2 is 1.11 bits per heavy atom. The zero-order valence-corrected chi connectivity index (χ0v) is 14.6. The molecule has 0 aliphatic carbocycles. The first kappa shape index (κ1) is 18.1. The lowest BCUT2D eigenvalue weighted by Crippen LogP contribution is -2.11. The molecule has 0 radical (unpaired) electrons. The van der Waals surface area contributed by atoms with Gasteiger partial charge in [0.2, 0.25) is 5.91 Å². The SMILES string of the molecule is CC(=O)Nc1ccc(Nc2ccc(NC(=O)c3ccc(F)cc3)cc2)cc1. The average Bonchev–Trinajstić information content (AvgIpc) is 2.65. The second-order valence-electron chi connectivity index (χ2n) is 5.92. The molecule has 3 aromatic rings. The highest BCUT2D eigenvalue weighted by molar-refractivity contribution is 6.04. The van der Waals surface area contributed by atoms with Crippen LogP contribution in [0.3, 0.4) is 0 Å². The third-order valence-electron chi connectivity index (χ3n) is 3.74. The Bertz CT molecular complexity index is 937. The largest absolute Gasteiger partial charge is 0.356 e. The standard InChI is InChI=1S/C21H18FN3O2/c1-14(26)23-17-6-8-18(9-7-17)24-19-10-12-20(13-11-19)25-21(27)15-2-4-16(22)5-3-15/h2-13,24H,1H3,(H,23,26)(H,25,27). The maximum absolute atomic E-state index is 12.9. The molecule has 136 valence electrons. The summed E-state index contributed by atoms with van der Waals surface area (Å²) < 4.78 is 12.9. The van der Waals surface area contributed by atoms with Gasteiger partial charge in [-0.05, 0) is 72.8 Å². The molecule has 0 unspecified atom stereocenters. The average molecular weight is 363 g/mol. The molecule has 0 aliphatic heterocycles. The van der Waals surface area contributed by atoms with Crippen molar-refractivity contribution in [2.75, 3.05) is 16.0 Å². The van der Waals surface area contributed by atoms with Crippen molar-refractivity contribution >= 4 is 34.6 Å². The molecule has 0 aromatic heterocycles. The molecule has 0 aliphatic rings. The fourth-order valence-corrected chi connectivity index (χ4v) is 2.45. The lowest BCUT2D eigenvalue weighted by molar-refractivity contribution is -0.114. The first-order chi connectivity index (χ1) is 13.0. The first-order valence-corrected chi connectivity index (χ1v) is 8.31. The van der Waals surface area contributed by atoms with E-state index in [-0.39, 0.29) is 17.6 Å². The summed E-state index contributed by atoms with van der Waals surface area (Å²) in [6.45, 7) is 1.46. The minimum atomic E-state index is -0.382. The summed E-state index contributed by atoms with van der Waals surface area (Å²) in [6, 6.07) is 19.9. The van der Waals surface area contributed by atoms with Gasteiger partial charge in [-0.15, -0.1) is 0 Å². The summed E-state index contributed by atoms with van der Waals surface area (Å²) >= 11 is 0. The van der Waals surface area contributed by atoms with E-state index >= 15 is 0 Å². The summed E-state index contributed by atoms with van der Waals surface area (Å²) in [5, 5.41) is 8.71. The van der Waals surface area contributed by atoms with Gasteiger partial charge >= 0.3 is 0 Å². The van der Waals surface area contributed by atoms with Crippen LogP contribution in [0.2, 0.25) is 0 Å². The van der Waals surface area contributed by atoms with E-state index in [1.54, 1.807) is 24.3 Å². The molecule has 2 amide bonds. The van der Waals surface area contributed by atoms with Crippen molar-refractivity contribution in [1.82, 2.24) is 0 Å². The molecule has 0 heterocycles. The van der Waals surface area contributed by atoms with Gasteiger partial charge in [0, 0.05) is 35.2 Å². The highest BCUT2D eigenvalue weighted by atomic mass is 19.1. The zero-order valence-electron chi connectivity index (χ0n) is 14.6. The molecular weight excluding hydrogens is 345 g/mol. The third-order valence-corrected chi connectivity index (χ3v) is 3.74. The van der Waals surface area contributed by atoms with E-state index in [1.165, 1.54) is 31.2 Å². The quantitative estimate of drug-likeness (QED) is 0.611. The Labute approximate surface area is 156 Å². The van der Waals surface area contributed by atoms with Gasteiger partial charge in [-0.2, -0.15) is 0 Å². The van der Waals surface area contributed by atoms with Crippen molar-refractivity contribution in [3.05, 3.63) is 84.2 Å². The van der Waals surface area contributed by atoms with Gasteiger partial charge in [0.25, 0.3) is 5.91 Å². The molecule has 27 heavy (non-hydrogen) atoms. The molecule has 3 rings (SSSR count). The fraction of sp³-hybridized carbons (Fsp3) is 0.0476. The molecule has 3 aromatic carbocycles. The van der Waals surface area contributed by atoms with Crippen LogP contribution in [0.25, 0.3) is 0 Å². The second-order valence-corrected chi connectivity index (χ2v) is 5.92. The van der Waals surface area contributed by atoms with Crippen LogP contribution in [0.5, 0.6) is 0 Å². The number of amides is 2. The van der Waals surface area contributed by atoms with Crippen LogP contribution in [0.4, 0.5) is 27.1 Å². The van der Waals surface area contributed by atoms with Crippen LogP contribution in [0, 0.1) is 5.82 Å². The minimum absolute atomic E-state index is 0.117. The number of carbonyl (C=O) groups excluding carboxylic acids is 2. The van der Waals surface area contributed by atoms with Gasteiger partial charge < -0.3 is 16.0 Å². The number of rotatable bonds is 5. The molecule has 5 nitrogen and oxygen atoms in total. The molecule has 0 saturated carbocycles. The Morgan fingerprint density at radius 3 is 1.59 bits per heavy atom. The smallest absolute Gasteiger partial charge is 0.255 e. The van der Waals surface area contributed by atoms with Crippen LogP contribution in [-0.2, 0) is 4.79 Å². The molecule has 3 N–H and O–H groups in total. The highest BCUT2D eigenvalue weighted by Gasteiger charge is 2.06. The van der Waals surface area contributed by atoms with Crippen LogP contribution < -0.4 is 16.0 Å². The second kappa shape index (κ2) is 8.14. The number of hydrogen-bond acceptors (Lipinski definition) is 3. The minimum Gasteiger partial charge on any atom is -0.356 e.